The molecule has 1 atom stereocenters. The van der Waals surface area contributed by atoms with Gasteiger partial charge in [0.2, 0.25) is 0 Å². The first kappa shape index (κ1) is 17.7. The molecular weight excluding hydrogens is 366 g/mol. The first-order chi connectivity index (χ1) is 14.3. The Labute approximate surface area is 167 Å². The van der Waals surface area contributed by atoms with E-state index in [1.807, 2.05) is 30.5 Å². The second-order valence-electron chi connectivity index (χ2n) is 7.62. The van der Waals surface area contributed by atoms with Crippen LogP contribution in [0.3, 0.4) is 0 Å². The summed E-state index contributed by atoms with van der Waals surface area (Å²) in [5.41, 5.74) is 2.75. The number of anilines is 2. The van der Waals surface area contributed by atoms with Gasteiger partial charge in [0.05, 0.1) is 23.6 Å². The highest BCUT2D eigenvalue weighted by atomic mass is 16.1. The van der Waals surface area contributed by atoms with Crippen molar-refractivity contribution in [3.8, 4) is 0 Å². The minimum atomic E-state index is 0.229. The van der Waals surface area contributed by atoms with Gasteiger partial charge in [-0.1, -0.05) is 6.07 Å². The number of aromatic nitrogens is 5. The van der Waals surface area contributed by atoms with Gasteiger partial charge in [-0.3, -0.25) is 9.89 Å². The van der Waals surface area contributed by atoms with Crippen LogP contribution in [0.1, 0.15) is 19.3 Å². The van der Waals surface area contributed by atoms with Gasteiger partial charge in [0, 0.05) is 36.8 Å². The third kappa shape index (κ3) is 3.53. The number of piperidine rings is 1. The fourth-order valence-electron chi connectivity index (χ4n) is 4.25. The van der Waals surface area contributed by atoms with E-state index in [9.17, 15) is 4.79 Å². The van der Waals surface area contributed by atoms with Gasteiger partial charge in [0.15, 0.2) is 5.78 Å². The summed E-state index contributed by atoms with van der Waals surface area (Å²) >= 11 is 0. The van der Waals surface area contributed by atoms with Crippen LogP contribution in [-0.4, -0.2) is 50.6 Å². The minimum absolute atomic E-state index is 0.229. The van der Waals surface area contributed by atoms with Crippen LogP contribution in [0.4, 0.5) is 11.5 Å². The molecule has 3 aromatic heterocycles. The number of ketones is 1. The predicted octanol–water partition coefficient (Wildman–Crippen LogP) is 3.12. The molecule has 0 spiro atoms. The summed E-state index contributed by atoms with van der Waals surface area (Å²) < 4.78 is 0. The molecule has 1 aromatic carbocycles. The van der Waals surface area contributed by atoms with Crippen molar-refractivity contribution in [3.63, 3.8) is 0 Å². The van der Waals surface area contributed by atoms with Crippen molar-refractivity contribution in [3.05, 3.63) is 43.0 Å². The predicted molar refractivity (Wildman–Crippen MR) is 113 cm³/mol. The maximum atomic E-state index is 12.6. The number of benzene rings is 1. The summed E-state index contributed by atoms with van der Waals surface area (Å²) in [5, 5.41) is 12.3. The van der Waals surface area contributed by atoms with E-state index >= 15 is 0 Å². The molecule has 0 bridgehead atoms. The second kappa shape index (κ2) is 7.54. The van der Waals surface area contributed by atoms with Gasteiger partial charge in [-0.25, -0.2) is 9.97 Å². The number of fused-ring (bicyclic) bond motifs is 2. The van der Waals surface area contributed by atoms with E-state index in [1.165, 1.54) is 0 Å². The zero-order chi connectivity index (χ0) is 19.6. The summed E-state index contributed by atoms with van der Waals surface area (Å²) in [5.74, 6) is 1.52. The Kier molecular flexibility index (Phi) is 4.59. The molecule has 0 amide bonds. The van der Waals surface area contributed by atoms with E-state index in [-0.39, 0.29) is 5.78 Å². The topological polar surface area (TPSA) is 103 Å². The first-order valence-electron chi connectivity index (χ1n) is 9.98. The van der Waals surface area contributed by atoms with Crippen molar-refractivity contribution >= 4 is 39.2 Å². The van der Waals surface area contributed by atoms with Crippen molar-refractivity contribution in [2.75, 3.05) is 29.9 Å². The van der Waals surface area contributed by atoms with Crippen LogP contribution >= 0.6 is 0 Å². The number of Topliss-reactive ketones (excluding diaryl/α,β-unsaturated/α-hetero) is 1. The van der Waals surface area contributed by atoms with Gasteiger partial charge in [-0.05, 0) is 37.0 Å². The quantitative estimate of drug-likeness (QED) is 0.468. The molecule has 5 rings (SSSR count). The molecule has 148 valence electrons. The third-order valence-electron chi connectivity index (χ3n) is 5.63. The first-order valence-corrected chi connectivity index (χ1v) is 9.98. The highest BCUT2D eigenvalue weighted by molar-refractivity contribution is 5.93. The van der Waals surface area contributed by atoms with Crippen molar-refractivity contribution in [1.82, 2.24) is 25.1 Å². The molecule has 0 aliphatic carbocycles. The Bertz CT molecular complexity index is 1150. The smallest absolute Gasteiger partial charge is 0.152 e. The Morgan fingerprint density at radius 2 is 2.21 bits per heavy atom. The molecule has 3 N–H and O–H groups in total. The Balaban J connectivity index is 1.22. The lowest BCUT2D eigenvalue weighted by Crippen LogP contribution is -2.37. The van der Waals surface area contributed by atoms with Gasteiger partial charge >= 0.3 is 0 Å². The van der Waals surface area contributed by atoms with E-state index in [0.29, 0.717) is 18.9 Å². The summed E-state index contributed by atoms with van der Waals surface area (Å²) in [6.45, 7) is 2.14. The number of rotatable bonds is 6. The largest absolute Gasteiger partial charge is 0.377 e. The van der Waals surface area contributed by atoms with Crippen LogP contribution < -0.4 is 10.2 Å². The fraction of sp³-hybridized carbons (Fsp3) is 0.333. The maximum Gasteiger partial charge on any atom is 0.152 e. The summed E-state index contributed by atoms with van der Waals surface area (Å²) in [7, 11) is 0. The highest BCUT2D eigenvalue weighted by Gasteiger charge is 2.24. The molecule has 1 aliphatic rings. The lowest BCUT2D eigenvalue weighted by atomic mass is 9.92. The monoisotopic (exact) mass is 389 g/mol. The number of aromatic amines is 2. The Morgan fingerprint density at radius 1 is 1.24 bits per heavy atom. The van der Waals surface area contributed by atoms with Crippen LogP contribution in [0.2, 0.25) is 0 Å². The summed E-state index contributed by atoms with van der Waals surface area (Å²) in [6, 6.07) is 7.92. The standard InChI is InChI=1S/C21H23N7O/c29-15(10-23-18-4-1-5-19-17(18)11-26-27-19)9-14-3-2-8-28(12-14)21-16-6-7-22-20(16)24-13-25-21/h1,4-7,11,13-14,23H,2-3,8-10,12H2,(H,26,27)(H,22,24,25). The van der Waals surface area contributed by atoms with Gasteiger partial charge in [-0.15, -0.1) is 0 Å². The number of nitrogens with one attached hydrogen (secondary N) is 3. The van der Waals surface area contributed by atoms with Crippen LogP contribution in [0.25, 0.3) is 21.9 Å². The van der Waals surface area contributed by atoms with Crippen LogP contribution in [0.15, 0.2) is 43.0 Å². The van der Waals surface area contributed by atoms with Crippen molar-refractivity contribution in [2.24, 2.45) is 5.92 Å². The van der Waals surface area contributed by atoms with E-state index in [0.717, 1.165) is 59.4 Å². The van der Waals surface area contributed by atoms with Gasteiger partial charge in [0.25, 0.3) is 0 Å². The van der Waals surface area contributed by atoms with Gasteiger partial charge < -0.3 is 15.2 Å². The Hall–Kier alpha value is -3.42. The lowest BCUT2D eigenvalue weighted by Gasteiger charge is -2.33. The average Bonchev–Trinajstić information content (AvgIpc) is 3.41. The molecular formula is C21H23N7O. The van der Waals surface area contributed by atoms with Crippen molar-refractivity contribution in [1.29, 1.82) is 0 Å². The molecule has 29 heavy (non-hydrogen) atoms. The lowest BCUT2D eigenvalue weighted by molar-refractivity contribution is -0.118. The van der Waals surface area contributed by atoms with E-state index in [4.69, 9.17) is 0 Å². The summed E-state index contributed by atoms with van der Waals surface area (Å²) in [6.07, 6.45) is 7.98. The van der Waals surface area contributed by atoms with Gasteiger partial charge in [-0.2, -0.15) is 5.10 Å². The minimum Gasteiger partial charge on any atom is -0.377 e. The summed E-state index contributed by atoms with van der Waals surface area (Å²) in [4.78, 5) is 26.8. The molecule has 1 saturated heterocycles. The molecule has 4 heterocycles. The molecule has 1 aliphatic heterocycles. The molecule has 0 radical (unpaired) electrons. The van der Waals surface area contributed by atoms with Crippen LogP contribution in [0, 0.1) is 5.92 Å². The van der Waals surface area contributed by atoms with E-state index < -0.39 is 0 Å². The number of nitrogens with zero attached hydrogens (tertiary/aromatic N) is 4. The molecule has 1 fully saturated rings. The molecule has 8 nitrogen and oxygen atoms in total. The van der Waals surface area contributed by atoms with Crippen molar-refractivity contribution in [2.45, 2.75) is 19.3 Å². The molecule has 0 saturated carbocycles. The zero-order valence-corrected chi connectivity index (χ0v) is 16.1. The van der Waals surface area contributed by atoms with Crippen molar-refractivity contribution < 1.29 is 4.79 Å². The molecule has 8 heteroatoms. The molecule has 4 aromatic rings. The van der Waals surface area contributed by atoms with Crippen LogP contribution in [0.5, 0.6) is 0 Å². The number of hydrogen-bond acceptors (Lipinski definition) is 6. The average molecular weight is 389 g/mol. The number of hydrogen-bond donors (Lipinski definition) is 3. The number of H-pyrrole nitrogens is 2. The third-order valence-corrected chi connectivity index (χ3v) is 5.63. The number of carbonyl (C=O) groups is 1. The zero-order valence-electron chi connectivity index (χ0n) is 16.1. The maximum absolute atomic E-state index is 12.6. The number of carbonyl (C=O) groups excluding carboxylic acids is 1. The fourth-order valence-corrected chi connectivity index (χ4v) is 4.25. The highest BCUT2D eigenvalue weighted by Crippen LogP contribution is 2.28. The van der Waals surface area contributed by atoms with E-state index in [2.05, 4.69) is 35.4 Å². The Morgan fingerprint density at radius 3 is 3.17 bits per heavy atom. The normalized spacial score (nSPS) is 17.1. The van der Waals surface area contributed by atoms with Crippen LogP contribution in [-0.2, 0) is 4.79 Å². The second-order valence-corrected chi connectivity index (χ2v) is 7.62. The van der Waals surface area contributed by atoms with Gasteiger partial charge in [0.1, 0.15) is 17.8 Å². The van der Waals surface area contributed by atoms with E-state index in [1.54, 1.807) is 12.5 Å². The molecule has 1 unspecified atom stereocenters. The SMILES string of the molecule is O=C(CNc1cccc2[nH]ncc12)CC1CCCN(c2ncnc3[nH]ccc23)C1.